The Morgan fingerprint density at radius 1 is 1.39 bits per heavy atom. The first kappa shape index (κ1) is 13.9. The molecule has 0 aliphatic heterocycles. The number of hydrogen-bond donors (Lipinski definition) is 2. The number of halogens is 3. The maximum Gasteiger partial charge on any atom is 0.134 e. The van der Waals surface area contributed by atoms with Gasteiger partial charge in [-0.05, 0) is 58.2 Å². The Bertz CT molecular complexity index is 571. The van der Waals surface area contributed by atoms with E-state index in [1.54, 1.807) is 6.92 Å². The molecule has 0 saturated heterocycles. The molecule has 0 amide bonds. The molecule has 0 aliphatic rings. The first-order valence-electron chi connectivity index (χ1n) is 5.19. The van der Waals surface area contributed by atoms with Gasteiger partial charge < -0.3 is 0 Å². The van der Waals surface area contributed by atoms with E-state index in [4.69, 9.17) is 5.84 Å². The van der Waals surface area contributed by atoms with Crippen molar-refractivity contribution in [1.82, 2.24) is 5.43 Å². The van der Waals surface area contributed by atoms with E-state index in [0.717, 1.165) is 8.45 Å². The van der Waals surface area contributed by atoms with Gasteiger partial charge in [0.25, 0.3) is 0 Å². The van der Waals surface area contributed by atoms with Crippen molar-refractivity contribution in [2.45, 2.75) is 13.0 Å². The summed E-state index contributed by atoms with van der Waals surface area (Å²) in [5, 5.41) is 1.84. The summed E-state index contributed by atoms with van der Waals surface area (Å²) in [4.78, 5) is 0. The third-order valence-electron chi connectivity index (χ3n) is 2.70. The number of nitrogens with one attached hydrogen (secondary N) is 1. The molecule has 2 aromatic rings. The minimum absolute atomic E-state index is 0.0355. The molecule has 1 aromatic heterocycles. The molecule has 1 atom stereocenters. The Kier molecular flexibility index (Phi) is 4.31. The third kappa shape index (κ3) is 2.56. The molecule has 0 bridgehead atoms. The Hall–Kier alpha value is -0.570. The SMILES string of the molecule is Cc1ccc(F)c(C(NN)c2csc(I)c2)c1F. The first-order chi connectivity index (χ1) is 8.54. The van der Waals surface area contributed by atoms with Gasteiger partial charge in [-0.2, -0.15) is 0 Å². The molecule has 1 heterocycles. The largest absolute Gasteiger partial charge is 0.271 e. The van der Waals surface area contributed by atoms with Gasteiger partial charge in [0, 0.05) is 5.56 Å². The van der Waals surface area contributed by atoms with Crippen LogP contribution in [0.2, 0.25) is 0 Å². The summed E-state index contributed by atoms with van der Waals surface area (Å²) in [6.45, 7) is 1.60. The van der Waals surface area contributed by atoms with Gasteiger partial charge in [-0.3, -0.25) is 5.84 Å². The summed E-state index contributed by atoms with van der Waals surface area (Å²) < 4.78 is 28.9. The van der Waals surface area contributed by atoms with Gasteiger partial charge in [-0.1, -0.05) is 6.07 Å². The van der Waals surface area contributed by atoms with Crippen molar-refractivity contribution in [1.29, 1.82) is 0 Å². The van der Waals surface area contributed by atoms with Crippen LogP contribution in [0.4, 0.5) is 8.78 Å². The molecule has 0 radical (unpaired) electrons. The highest BCUT2D eigenvalue weighted by Crippen LogP contribution is 2.31. The Labute approximate surface area is 121 Å². The van der Waals surface area contributed by atoms with Crippen molar-refractivity contribution in [3.63, 3.8) is 0 Å². The molecule has 0 spiro atoms. The maximum absolute atomic E-state index is 14.1. The number of benzene rings is 1. The zero-order valence-corrected chi connectivity index (χ0v) is 12.5. The topological polar surface area (TPSA) is 38.0 Å². The number of nitrogens with two attached hydrogens (primary N) is 1. The number of hydrogen-bond acceptors (Lipinski definition) is 3. The minimum atomic E-state index is -0.676. The number of rotatable bonds is 3. The third-order valence-corrected chi connectivity index (χ3v) is 4.50. The second-order valence-corrected chi connectivity index (χ2v) is 6.68. The van der Waals surface area contributed by atoms with Crippen LogP contribution in [0.3, 0.4) is 0 Å². The fourth-order valence-electron chi connectivity index (χ4n) is 1.76. The van der Waals surface area contributed by atoms with Crippen molar-refractivity contribution >= 4 is 33.9 Å². The van der Waals surface area contributed by atoms with Crippen LogP contribution in [-0.4, -0.2) is 0 Å². The molecule has 1 unspecified atom stereocenters. The van der Waals surface area contributed by atoms with E-state index in [0.29, 0.717) is 5.56 Å². The van der Waals surface area contributed by atoms with Crippen LogP contribution >= 0.6 is 33.9 Å². The van der Waals surface area contributed by atoms with Crippen LogP contribution in [0.5, 0.6) is 0 Å². The van der Waals surface area contributed by atoms with E-state index in [2.05, 4.69) is 28.0 Å². The predicted octanol–water partition coefficient (Wildman–Crippen LogP) is 3.49. The van der Waals surface area contributed by atoms with Crippen LogP contribution in [-0.2, 0) is 0 Å². The molecule has 18 heavy (non-hydrogen) atoms. The standard InChI is InChI=1S/C12H11F2IN2S/c1-6-2-3-8(13)10(11(6)14)12(17-16)7-4-9(15)18-5-7/h2-5,12,17H,16H2,1H3. The summed E-state index contributed by atoms with van der Waals surface area (Å²) in [5.41, 5.74) is 3.60. The molecular formula is C12H11F2IN2S. The molecule has 0 saturated carbocycles. The highest BCUT2D eigenvalue weighted by atomic mass is 127. The fourth-order valence-corrected chi connectivity index (χ4v) is 3.16. The summed E-state index contributed by atoms with van der Waals surface area (Å²) in [6.07, 6.45) is 0. The zero-order chi connectivity index (χ0) is 13.3. The lowest BCUT2D eigenvalue weighted by atomic mass is 9.98. The molecule has 3 N–H and O–H groups in total. The lowest BCUT2D eigenvalue weighted by molar-refractivity contribution is 0.507. The van der Waals surface area contributed by atoms with E-state index < -0.39 is 17.7 Å². The van der Waals surface area contributed by atoms with Crippen molar-refractivity contribution in [2.75, 3.05) is 0 Å². The summed E-state index contributed by atoms with van der Waals surface area (Å²) in [7, 11) is 0. The van der Waals surface area contributed by atoms with E-state index >= 15 is 0 Å². The van der Waals surface area contributed by atoms with Crippen LogP contribution < -0.4 is 11.3 Å². The van der Waals surface area contributed by atoms with Crippen LogP contribution in [0.25, 0.3) is 0 Å². The van der Waals surface area contributed by atoms with E-state index in [1.165, 1.54) is 23.5 Å². The van der Waals surface area contributed by atoms with Crippen LogP contribution in [0.15, 0.2) is 23.6 Å². The van der Waals surface area contributed by atoms with Gasteiger partial charge in [0.1, 0.15) is 11.6 Å². The maximum atomic E-state index is 14.1. The van der Waals surface area contributed by atoms with Crippen molar-refractivity contribution in [3.8, 4) is 0 Å². The van der Waals surface area contributed by atoms with Gasteiger partial charge in [0.05, 0.1) is 8.93 Å². The van der Waals surface area contributed by atoms with Crippen molar-refractivity contribution in [2.24, 2.45) is 5.84 Å². The number of aryl methyl sites for hydroxylation is 1. The average Bonchev–Trinajstić information content (AvgIpc) is 2.76. The fraction of sp³-hybridized carbons (Fsp3) is 0.167. The minimum Gasteiger partial charge on any atom is -0.271 e. The van der Waals surface area contributed by atoms with Crippen LogP contribution in [0.1, 0.15) is 22.7 Å². The highest BCUT2D eigenvalue weighted by Gasteiger charge is 2.23. The summed E-state index contributed by atoms with van der Waals surface area (Å²) >= 11 is 3.66. The van der Waals surface area contributed by atoms with Gasteiger partial charge in [-0.25, -0.2) is 14.2 Å². The van der Waals surface area contributed by atoms with Crippen molar-refractivity contribution < 1.29 is 8.78 Å². The van der Waals surface area contributed by atoms with Gasteiger partial charge in [0.2, 0.25) is 0 Å². The average molecular weight is 380 g/mol. The molecule has 0 fully saturated rings. The lowest BCUT2D eigenvalue weighted by Crippen LogP contribution is -2.30. The molecule has 0 aliphatic carbocycles. The molecule has 6 heteroatoms. The quantitative estimate of drug-likeness (QED) is 0.486. The second-order valence-electron chi connectivity index (χ2n) is 3.88. The smallest absolute Gasteiger partial charge is 0.134 e. The Morgan fingerprint density at radius 2 is 2.11 bits per heavy atom. The molecule has 1 aromatic carbocycles. The Morgan fingerprint density at radius 3 is 2.67 bits per heavy atom. The predicted molar refractivity (Wildman–Crippen MR) is 77.3 cm³/mol. The van der Waals surface area contributed by atoms with E-state index in [-0.39, 0.29) is 5.56 Å². The van der Waals surface area contributed by atoms with Crippen LogP contribution in [0, 0.1) is 21.4 Å². The lowest BCUT2D eigenvalue weighted by Gasteiger charge is -2.17. The summed E-state index contributed by atoms with van der Waals surface area (Å²) in [5.74, 6) is 4.30. The second kappa shape index (κ2) is 5.60. The molecular weight excluding hydrogens is 369 g/mol. The summed E-state index contributed by atoms with van der Waals surface area (Å²) in [6, 6.07) is 3.86. The normalized spacial score (nSPS) is 12.7. The van der Waals surface area contributed by atoms with Crippen molar-refractivity contribution in [3.05, 3.63) is 54.8 Å². The van der Waals surface area contributed by atoms with Gasteiger partial charge in [0.15, 0.2) is 0 Å². The van der Waals surface area contributed by atoms with Gasteiger partial charge in [-0.15, -0.1) is 11.3 Å². The molecule has 2 rings (SSSR count). The Balaban J connectivity index is 2.55. The monoisotopic (exact) mass is 380 g/mol. The molecule has 96 valence electrons. The highest BCUT2D eigenvalue weighted by molar-refractivity contribution is 14.1. The van der Waals surface area contributed by atoms with E-state index in [9.17, 15) is 8.78 Å². The number of thiophene rings is 1. The zero-order valence-electron chi connectivity index (χ0n) is 9.51. The molecule has 2 nitrogen and oxygen atoms in total. The number of hydrazine groups is 1. The van der Waals surface area contributed by atoms with E-state index in [1.807, 2.05) is 11.4 Å². The first-order valence-corrected chi connectivity index (χ1v) is 7.15. The van der Waals surface area contributed by atoms with Gasteiger partial charge >= 0.3 is 0 Å².